The highest BCUT2D eigenvalue weighted by Gasteiger charge is 2.00. The minimum atomic E-state index is 0.578. The van der Waals surface area contributed by atoms with Gasteiger partial charge in [-0.25, -0.2) is 9.97 Å². The van der Waals surface area contributed by atoms with Gasteiger partial charge in [-0.05, 0) is 35.4 Å². The van der Waals surface area contributed by atoms with Crippen LogP contribution in [-0.2, 0) is 0 Å². The molecule has 0 aliphatic heterocycles. The average Bonchev–Trinajstić information content (AvgIpc) is 2.71. The molecule has 4 N–H and O–H groups in total. The highest BCUT2D eigenvalue weighted by molar-refractivity contribution is 5.73. The molecule has 0 bridgehead atoms. The lowest BCUT2D eigenvalue weighted by Gasteiger charge is -2.02. The standard InChI is InChI=1S/2C11H10N2/c2*12-11-10(7-4-8-13-11)9-5-2-1-3-6-9/h2*1-8H,(H2,12,13). The zero-order valence-corrected chi connectivity index (χ0v) is 14.3. The molecule has 4 nitrogen and oxygen atoms in total. The maximum atomic E-state index is 5.74. The molecule has 2 aromatic carbocycles. The molecule has 0 fully saturated rings. The largest absolute Gasteiger partial charge is 0.383 e. The van der Waals surface area contributed by atoms with Gasteiger partial charge in [0.05, 0.1) is 0 Å². The van der Waals surface area contributed by atoms with Crippen LogP contribution in [0.1, 0.15) is 0 Å². The van der Waals surface area contributed by atoms with Crippen molar-refractivity contribution in [3.8, 4) is 22.3 Å². The molecule has 4 rings (SSSR count). The molecular formula is C22H20N4. The maximum absolute atomic E-state index is 5.74. The first kappa shape index (κ1) is 17.2. The first-order valence-electron chi connectivity index (χ1n) is 8.27. The van der Waals surface area contributed by atoms with E-state index in [2.05, 4.69) is 9.97 Å². The molecule has 0 unspecified atom stereocenters. The predicted molar refractivity (Wildman–Crippen MR) is 108 cm³/mol. The van der Waals surface area contributed by atoms with Crippen molar-refractivity contribution in [2.45, 2.75) is 0 Å². The Hall–Kier alpha value is -3.66. The van der Waals surface area contributed by atoms with E-state index in [1.165, 1.54) is 0 Å². The second-order valence-electron chi connectivity index (χ2n) is 5.60. The van der Waals surface area contributed by atoms with Crippen molar-refractivity contribution in [2.24, 2.45) is 0 Å². The minimum Gasteiger partial charge on any atom is -0.383 e. The highest BCUT2D eigenvalue weighted by atomic mass is 14.8. The summed E-state index contributed by atoms with van der Waals surface area (Å²) in [5.74, 6) is 1.16. The number of nitrogen functional groups attached to an aromatic ring is 2. The SMILES string of the molecule is Nc1ncccc1-c1ccccc1.Nc1ncccc1-c1ccccc1. The van der Waals surface area contributed by atoms with Gasteiger partial charge in [0.2, 0.25) is 0 Å². The number of pyridine rings is 2. The van der Waals surface area contributed by atoms with Crippen LogP contribution in [-0.4, -0.2) is 9.97 Å². The normalized spacial score (nSPS) is 9.85. The van der Waals surface area contributed by atoms with E-state index in [4.69, 9.17) is 11.5 Å². The topological polar surface area (TPSA) is 77.8 Å². The van der Waals surface area contributed by atoms with Gasteiger partial charge < -0.3 is 11.5 Å². The number of nitrogens with zero attached hydrogens (tertiary/aromatic N) is 2. The Labute approximate surface area is 153 Å². The first-order valence-corrected chi connectivity index (χ1v) is 8.27. The molecule has 0 atom stereocenters. The summed E-state index contributed by atoms with van der Waals surface area (Å²) in [5, 5.41) is 0. The quantitative estimate of drug-likeness (QED) is 0.556. The van der Waals surface area contributed by atoms with Gasteiger partial charge in [-0.2, -0.15) is 0 Å². The van der Waals surface area contributed by atoms with E-state index >= 15 is 0 Å². The van der Waals surface area contributed by atoms with Crippen LogP contribution in [0, 0.1) is 0 Å². The van der Waals surface area contributed by atoms with E-state index in [0.717, 1.165) is 22.3 Å². The van der Waals surface area contributed by atoms with Gasteiger partial charge in [-0.1, -0.05) is 60.7 Å². The third-order valence-electron chi connectivity index (χ3n) is 3.85. The van der Waals surface area contributed by atoms with E-state index < -0.39 is 0 Å². The lowest BCUT2D eigenvalue weighted by molar-refractivity contribution is 1.34. The lowest BCUT2D eigenvalue weighted by Crippen LogP contribution is -1.92. The van der Waals surface area contributed by atoms with Gasteiger partial charge in [0.15, 0.2) is 0 Å². The summed E-state index contributed by atoms with van der Waals surface area (Å²) in [6.45, 7) is 0. The second kappa shape index (κ2) is 8.44. The molecule has 0 saturated heterocycles. The van der Waals surface area contributed by atoms with Crippen molar-refractivity contribution in [3.05, 3.63) is 97.3 Å². The molecule has 0 saturated carbocycles. The fourth-order valence-corrected chi connectivity index (χ4v) is 2.56. The number of rotatable bonds is 2. The maximum Gasteiger partial charge on any atom is 0.131 e. The number of hydrogen-bond donors (Lipinski definition) is 2. The van der Waals surface area contributed by atoms with Crippen molar-refractivity contribution in [1.82, 2.24) is 9.97 Å². The van der Waals surface area contributed by atoms with Crippen molar-refractivity contribution in [3.63, 3.8) is 0 Å². The number of benzene rings is 2. The molecule has 0 amide bonds. The highest BCUT2D eigenvalue weighted by Crippen LogP contribution is 2.23. The Morgan fingerprint density at radius 1 is 0.462 bits per heavy atom. The van der Waals surface area contributed by atoms with Gasteiger partial charge in [-0.15, -0.1) is 0 Å². The van der Waals surface area contributed by atoms with Gasteiger partial charge in [0.1, 0.15) is 11.6 Å². The van der Waals surface area contributed by atoms with Gasteiger partial charge in [0, 0.05) is 23.5 Å². The predicted octanol–water partition coefficient (Wildman–Crippen LogP) is 4.66. The summed E-state index contributed by atoms with van der Waals surface area (Å²) in [5.41, 5.74) is 15.7. The van der Waals surface area contributed by atoms with Gasteiger partial charge >= 0.3 is 0 Å². The van der Waals surface area contributed by atoms with Crippen molar-refractivity contribution >= 4 is 11.6 Å². The molecule has 0 aliphatic rings. The van der Waals surface area contributed by atoms with Crippen molar-refractivity contribution in [1.29, 1.82) is 0 Å². The molecule has 2 heterocycles. The molecule has 128 valence electrons. The molecular weight excluding hydrogens is 320 g/mol. The summed E-state index contributed by atoms with van der Waals surface area (Å²) >= 11 is 0. The summed E-state index contributed by atoms with van der Waals surface area (Å²) in [6, 6.07) is 27.7. The second-order valence-corrected chi connectivity index (χ2v) is 5.60. The van der Waals surface area contributed by atoms with Crippen LogP contribution in [0.2, 0.25) is 0 Å². The Balaban J connectivity index is 0.000000151. The zero-order valence-electron chi connectivity index (χ0n) is 14.3. The van der Waals surface area contributed by atoms with E-state index in [1.54, 1.807) is 12.4 Å². The van der Waals surface area contributed by atoms with Gasteiger partial charge in [0.25, 0.3) is 0 Å². The van der Waals surface area contributed by atoms with Crippen LogP contribution in [0.5, 0.6) is 0 Å². The molecule has 4 aromatic rings. The number of hydrogen-bond acceptors (Lipinski definition) is 4. The van der Waals surface area contributed by atoms with E-state index in [9.17, 15) is 0 Å². The van der Waals surface area contributed by atoms with Crippen LogP contribution in [0.4, 0.5) is 11.6 Å². The molecule has 0 spiro atoms. The third-order valence-corrected chi connectivity index (χ3v) is 3.85. The summed E-state index contributed by atoms with van der Waals surface area (Å²) in [4.78, 5) is 8.07. The Bertz CT molecular complexity index is 873. The Morgan fingerprint density at radius 3 is 1.19 bits per heavy atom. The van der Waals surface area contributed by atoms with Crippen LogP contribution in [0.3, 0.4) is 0 Å². The van der Waals surface area contributed by atoms with Crippen LogP contribution < -0.4 is 11.5 Å². The number of aromatic nitrogens is 2. The molecule has 4 heteroatoms. The Kier molecular flexibility index (Phi) is 5.58. The van der Waals surface area contributed by atoms with E-state index in [0.29, 0.717) is 11.6 Å². The van der Waals surface area contributed by atoms with Crippen LogP contribution in [0.15, 0.2) is 97.3 Å². The van der Waals surface area contributed by atoms with Gasteiger partial charge in [-0.3, -0.25) is 0 Å². The summed E-state index contributed by atoms with van der Waals surface area (Å²) in [6.07, 6.45) is 3.39. The van der Waals surface area contributed by atoms with E-state index in [-0.39, 0.29) is 0 Å². The Morgan fingerprint density at radius 2 is 0.846 bits per heavy atom. The fraction of sp³-hybridized carbons (Fsp3) is 0. The van der Waals surface area contributed by atoms with Crippen molar-refractivity contribution < 1.29 is 0 Å². The van der Waals surface area contributed by atoms with Crippen molar-refractivity contribution in [2.75, 3.05) is 11.5 Å². The fourth-order valence-electron chi connectivity index (χ4n) is 2.56. The number of anilines is 2. The smallest absolute Gasteiger partial charge is 0.131 e. The molecule has 0 aliphatic carbocycles. The monoisotopic (exact) mass is 340 g/mol. The molecule has 26 heavy (non-hydrogen) atoms. The number of nitrogens with two attached hydrogens (primary N) is 2. The first-order chi connectivity index (χ1) is 12.8. The lowest BCUT2D eigenvalue weighted by atomic mass is 10.1. The third kappa shape index (κ3) is 4.24. The molecule has 0 radical (unpaired) electrons. The van der Waals surface area contributed by atoms with Crippen LogP contribution >= 0.6 is 0 Å². The minimum absolute atomic E-state index is 0.578. The van der Waals surface area contributed by atoms with Crippen LogP contribution in [0.25, 0.3) is 22.3 Å². The average molecular weight is 340 g/mol. The van der Waals surface area contributed by atoms with E-state index in [1.807, 2.05) is 84.9 Å². The zero-order chi connectivity index (χ0) is 18.2. The summed E-state index contributed by atoms with van der Waals surface area (Å²) < 4.78 is 0. The summed E-state index contributed by atoms with van der Waals surface area (Å²) in [7, 11) is 0. The molecule has 2 aromatic heterocycles.